The van der Waals surface area contributed by atoms with E-state index in [1.54, 1.807) is 6.92 Å². The molecular formula is C11H16N2O2S. The number of hydrogen-bond donors (Lipinski definition) is 2. The molecule has 1 heterocycles. The first-order chi connectivity index (χ1) is 7.58. The molecule has 1 saturated carbocycles. The summed E-state index contributed by atoms with van der Waals surface area (Å²) in [4.78, 5) is 15.4. The maximum atomic E-state index is 10.8. The van der Waals surface area contributed by atoms with Crippen LogP contribution in [0.5, 0.6) is 0 Å². The van der Waals surface area contributed by atoms with E-state index < -0.39 is 5.97 Å². The molecule has 0 saturated heterocycles. The molecular weight excluding hydrogens is 224 g/mol. The first-order valence-electron chi connectivity index (χ1n) is 5.52. The maximum absolute atomic E-state index is 10.8. The highest BCUT2D eigenvalue weighted by atomic mass is 32.1. The van der Waals surface area contributed by atoms with E-state index in [0.29, 0.717) is 16.5 Å². The quantitative estimate of drug-likeness (QED) is 0.830. The zero-order chi connectivity index (χ0) is 11.7. The van der Waals surface area contributed by atoms with Gasteiger partial charge in [-0.25, -0.2) is 9.78 Å². The molecule has 5 heteroatoms. The second-order valence-electron chi connectivity index (χ2n) is 4.43. The lowest BCUT2D eigenvalue weighted by molar-refractivity contribution is 0.0701. The van der Waals surface area contributed by atoms with Crippen molar-refractivity contribution in [3.05, 3.63) is 10.6 Å². The summed E-state index contributed by atoms with van der Waals surface area (Å²) in [7, 11) is 0. The normalized spacial score (nSPS) is 17.1. The molecule has 0 spiro atoms. The van der Waals surface area contributed by atoms with Crippen molar-refractivity contribution in [1.82, 2.24) is 4.98 Å². The molecule has 0 aliphatic heterocycles. The number of carboxylic acid groups (broad SMARTS) is 1. The van der Waals surface area contributed by atoms with Crippen molar-refractivity contribution in [2.24, 2.45) is 11.8 Å². The highest BCUT2D eigenvalue weighted by Gasteiger charge is 2.27. The zero-order valence-electron chi connectivity index (χ0n) is 9.49. The minimum absolute atomic E-state index is 0.335. The van der Waals surface area contributed by atoms with E-state index in [1.165, 1.54) is 24.2 Å². The molecule has 0 bridgehead atoms. The van der Waals surface area contributed by atoms with E-state index in [-0.39, 0.29) is 0 Å². The van der Waals surface area contributed by atoms with Crippen molar-refractivity contribution in [2.45, 2.75) is 26.7 Å². The van der Waals surface area contributed by atoms with Crippen LogP contribution in [0.15, 0.2) is 0 Å². The van der Waals surface area contributed by atoms with Crippen molar-refractivity contribution < 1.29 is 9.90 Å². The third-order valence-corrected chi connectivity index (χ3v) is 4.10. The number of nitrogens with zero attached hydrogens (tertiary/aromatic N) is 1. The number of carbonyl (C=O) groups is 1. The Morgan fingerprint density at radius 3 is 2.88 bits per heavy atom. The minimum Gasteiger partial charge on any atom is -0.477 e. The van der Waals surface area contributed by atoms with Crippen LogP contribution in [0.25, 0.3) is 0 Å². The second kappa shape index (κ2) is 4.41. The number of aromatic nitrogens is 1. The van der Waals surface area contributed by atoms with Gasteiger partial charge >= 0.3 is 5.97 Å². The van der Waals surface area contributed by atoms with E-state index in [2.05, 4.69) is 17.2 Å². The van der Waals surface area contributed by atoms with E-state index in [0.717, 1.165) is 17.6 Å². The molecule has 1 aromatic heterocycles. The lowest BCUT2D eigenvalue weighted by Crippen LogP contribution is -2.12. The van der Waals surface area contributed by atoms with Crippen molar-refractivity contribution in [3.8, 4) is 0 Å². The van der Waals surface area contributed by atoms with Crippen LogP contribution in [-0.4, -0.2) is 22.6 Å². The second-order valence-corrected chi connectivity index (χ2v) is 5.43. The smallest absolute Gasteiger partial charge is 0.347 e. The number of nitrogens with one attached hydrogen (secondary N) is 1. The number of aryl methyl sites for hydroxylation is 1. The van der Waals surface area contributed by atoms with Crippen molar-refractivity contribution in [1.29, 1.82) is 0 Å². The van der Waals surface area contributed by atoms with Crippen molar-refractivity contribution in [3.63, 3.8) is 0 Å². The van der Waals surface area contributed by atoms with Gasteiger partial charge in [0.05, 0.1) is 5.69 Å². The number of thiazole rings is 1. The van der Waals surface area contributed by atoms with Gasteiger partial charge in [-0.05, 0) is 31.6 Å². The summed E-state index contributed by atoms with van der Waals surface area (Å²) in [6.45, 7) is 4.84. The van der Waals surface area contributed by atoms with Crippen LogP contribution in [0.4, 0.5) is 5.13 Å². The highest BCUT2D eigenvalue weighted by Crippen LogP contribution is 2.36. The van der Waals surface area contributed by atoms with Crippen LogP contribution in [0.2, 0.25) is 0 Å². The maximum Gasteiger partial charge on any atom is 0.347 e. The summed E-state index contributed by atoms with van der Waals surface area (Å²) >= 11 is 1.22. The van der Waals surface area contributed by atoms with Gasteiger partial charge in [0.15, 0.2) is 5.13 Å². The predicted molar refractivity (Wildman–Crippen MR) is 64.2 cm³/mol. The summed E-state index contributed by atoms with van der Waals surface area (Å²) in [5.74, 6) is 0.614. The predicted octanol–water partition coefficient (Wildman–Crippen LogP) is 2.61. The van der Waals surface area contributed by atoms with E-state index in [4.69, 9.17) is 5.11 Å². The average molecular weight is 240 g/mol. The fraction of sp³-hybridized carbons (Fsp3) is 0.636. The first-order valence-corrected chi connectivity index (χ1v) is 6.34. The highest BCUT2D eigenvalue weighted by molar-refractivity contribution is 7.17. The zero-order valence-corrected chi connectivity index (χ0v) is 10.3. The van der Waals surface area contributed by atoms with Crippen LogP contribution >= 0.6 is 11.3 Å². The Kier molecular flexibility index (Phi) is 3.14. The summed E-state index contributed by atoms with van der Waals surface area (Å²) in [6.07, 6.45) is 2.67. The summed E-state index contributed by atoms with van der Waals surface area (Å²) < 4.78 is 0. The van der Waals surface area contributed by atoms with E-state index >= 15 is 0 Å². The van der Waals surface area contributed by atoms with Crippen LogP contribution in [-0.2, 0) is 0 Å². The first kappa shape index (κ1) is 11.4. The topological polar surface area (TPSA) is 62.2 Å². The van der Waals surface area contributed by atoms with Gasteiger partial charge in [0.1, 0.15) is 4.88 Å². The number of rotatable bonds is 5. The molecule has 1 aromatic rings. The molecule has 1 aliphatic carbocycles. The fourth-order valence-corrected chi connectivity index (χ4v) is 2.56. The fourth-order valence-electron chi connectivity index (χ4n) is 1.75. The lowest BCUT2D eigenvalue weighted by Gasteiger charge is -2.09. The number of hydrogen-bond acceptors (Lipinski definition) is 4. The van der Waals surface area contributed by atoms with Crippen molar-refractivity contribution in [2.75, 3.05) is 11.9 Å². The average Bonchev–Trinajstić information content (AvgIpc) is 2.99. The summed E-state index contributed by atoms with van der Waals surface area (Å²) in [5.41, 5.74) is 0.596. The standard InChI is InChI=1S/C11H16N2O2S/c1-6(8-3-4-8)5-12-11-13-7(2)9(16-11)10(14)15/h6,8H,3-5H2,1-2H3,(H,12,13)(H,14,15). The van der Waals surface area contributed by atoms with Crippen LogP contribution in [0.1, 0.15) is 35.1 Å². The Morgan fingerprint density at radius 2 is 2.38 bits per heavy atom. The molecule has 88 valence electrons. The van der Waals surface area contributed by atoms with Crippen LogP contribution in [0.3, 0.4) is 0 Å². The van der Waals surface area contributed by atoms with Gasteiger partial charge in [0.2, 0.25) is 0 Å². The van der Waals surface area contributed by atoms with E-state index in [9.17, 15) is 4.79 Å². The van der Waals surface area contributed by atoms with Crippen molar-refractivity contribution >= 4 is 22.4 Å². The summed E-state index contributed by atoms with van der Waals surface area (Å²) in [6, 6.07) is 0. The number of aromatic carboxylic acids is 1. The summed E-state index contributed by atoms with van der Waals surface area (Å²) in [5, 5.41) is 12.8. The molecule has 2 N–H and O–H groups in total. The molecule has 0 amide bonds. The third-order valence-electron chi connectivity index (χ3n) is 2.99. The molecule has 0 radical (unpaired) electrons. The Labute approximate surface area is 98.7 Å². The van der Waals surface area contributed by atoms with Gasteiger partial charge in [-0.3, -0.25) is 0 Å². The van der Waals surface area contributed by atoms with Gasteiger partial charge < -0.3 is 10.4 Å². The van der Waals surface area contributed by atoms with Gasteiger partial charge in [0, 0.05) is 6.54 Å². The van der Waals surface area contributed by atoms with Gasteiger partial charge in [-0.15, -0.1) is 0 Å². The monoisotopic (exact) mass is 240 g/mol. The number of carboxylic acids is 1. The van der Waals surface area contributed by atoms with Gasteiger partial charge in [-0.1, -0.05) is 18.3 Å². The molecule has 2 rings (SSSR count). The minimum atomic E-state index is -0.890. The SMILES string of the molecule is Cc1nc(NCC(C)C2CC2)sc1C(=O)O. The van der Waals surface area contributed by atoms with Gasteiger partial charge in [-0.2, -0.15) is 0 Å². The Morgan fingerprint density at radius 1 is 1.69 bits per heavy atom. The molecule has 16 heavy (non-hydrogen) atoms. The third kappa shape index (κ3) is 2.52. The Hall–Kier alpha value is -1.10. The van der Waals surface area contributed by atoms with Crippen LogP contribution in [0, 0.1) is 18.8 Å². The molecule has 1 fully saturated rings. The Bertz CT molecular complexity index is 399. The molecule has 4 nitrogen and oxygen atoms in total. The van der Waals surface area contributed by atoms with E-state index in [1.807, 2.05) is 0 Å². The molecule has 0 aromatic carbocycles. The molecule has 1 unspecified atom stereocenters. The lowest BCUT2D eigenvalue weighted by atomic mass is 10.1. The van der Waals surface area contributed by atoms with Gasteiger partial charge in [0.25, 0.3) is 0 Å². The van der Waals surface area contributed by atoms with Crippen LogP contribution < -0.4 is 5.32 Å². The largest absolute Gasteiger partial charge is 0.477 e. The molecule has 1 aliphatic rings. The number of anilines is 1. The Balaban J connectivity index is 1.93. The molecule has 1 atom stereocenters.